The summed E-state index contributed by atoms with van der Waals surface area (Å²) in [5, 5.41) is 10.4. The van der Waals surface area contributed by atoms with Crippen molar-refractivity contribution in [3.63, 3.8) is 0 Å². The lowest BCUT2D eigenvalue weighted by molar-refractivity contribution is -0.125. The van der Waals surface area contributed by atoms with E-state index in [9.17, 15) is 28.7 Å². The fourth-order valence-electron chi connectivity index (χ4n) is 7.31. The summed E-state index contributed by atoms with van der Waals surface area (Å²) in [4.78, 5) is 54.0. The van der Waals surface area contributed by atoms with Crippen LogP contribution >= 0.6 is 23.2 Å². The zero-order valence-corrected chi connectivity index (χ0v) is 23.4. The Balaban J connectivity index is 1.40. The van der Waals surface area contributed by atoms with E-state index in [4.69, 9.17) is 23.2 Å². The first-order valence-corrected chi connectivity index (χ1v) is 14.3. The van der Waals surface area contributed by atoms with Gasteiger partial charge >= 0.3 is 0 Å². The first-order chi connectivity index (χ1) is 20.1. The van der Waals surface area contributed by atoms with Crippen molar-refractivity contribution >= 4 is 58.2 Å². The largest absolute Gasteiger partial charge is 0.508 e. The molecule has 212 valence electrons. The number of carbonyl (C=O) groups is 4. The second kappa shape index (κ2) is 9.24. The number of hydrogen-bond donors (Lipinski definition) is 1. The molecule has 4 aliphatic rings. The van der Waals surface area contributed by atoms with Crippen LogP contribution < -0.4 is 9.80 Å². The van der Waals surface area contributed by atoms with Gasteiger partial charge in [-0.3, -0.25) is 24.1 Å². The average Bonchev–Trinajstić information content (AvgIpc) is 3.32. The molecule has 3 fully saturated rings. The van der Waals surface area contributed by atoms with Crippen molar-refractivity contribution in [2.75, 3.05) is 9.80 Å². The van der Waals surface area contributed by atoms with E-state index >= 15 is 0 Å². The van der Waals surface area contributed by atoms with Crippen molar-refractivity contribution in [1.82, 2.24) is 0 Å². The number of para-hydroxylation sites is 1. The number of halogens is 3. The molecular weight excluding hydrogens is 582 g/mol. The third kappa shape index (κ3) is 3.45. The molecule has 3 aromatic carbocycles. The van der Waals surface area contributed by atoms with Crippen LogP contribution in [-0.2, 0) is 19.2 Å². The summed E-state index contributed by atoms with van der Waals surface area (Å²) in [5.74, 6) is -6.19. The first-order valence-electron chi connectivity index (χ1n) is 13.5. The van der Waals surface area contributed by atoms with Crippen LogP contribution in [-0.4, -0.2) is 38.5 Å². The first kappa shape index (κ1) is 26.9. The van der Waals surface area contributed by atoms with Crippen molar-refractivity contribution in [2.24, 2.45) is 17.8 Å². The van der Waals surface area contributed by atoms with Gasteiger partial charge in [-0.05, 0) is 72.9 Å². The Bertz CT molecular complexity index is 1710. The van der Waals surface area contributed by atoms with Crippen LogP contribution in [0.1, 0.15) is 24.3 Å². The van der Waals surface area contributed by atoms with Crippen molar-refractivity contribution < 1.29 is 28.7 Å². The molecule has 2 heterocycles. The van der Waals surface area contributed by atoms with Gasteiger partial charge in [0.15, 0.2) is 9.75 Å². The number of amides is 4. The molecule has 0 unspecified atom stereocenters. The Kier molecular flexibility index (Phi) is 5.91. The van der Waals surface area contributed by atoms with Crippen molar-refractivity contribution in [3.8, 4) is 5.75 Å². The minimum Gasteiger partial charge on any atom is -0.508 e. The lowest BCUT2D eigenvalue weighted by Crippen LogP contribution is -2.60. The zero-order chi connectivity index (χ0) is 29.6. The summed E-state index contributed by atoms with van der Waals surface area (Å²) in [5.41, 5.74) is 1.60. The van der Waals surface area contributed by atoms with Crippen LogP contribution in [0.4, 0.5) is 15.8 Å². The maximum atomic E-state index is 14.3. The quantitative estimate of drug-likeness (QED) is 0.249. The summed E-state index contributed by atoms with van der Waals surface area (Å²) < 4.78 is 13.7. The number of imide groups is 2. The van der Waals surface area contributed by atoms with Crippen LogP contribution in [0.15, 0.2) is 90.5 Å². The summed E-state index contributed by atoms with van der Waals surface area (Å²) >= 11 is 14.6. The molecule has 2 aliphatic carbocycles. The number of allylic oxidation sites excluding steroid dienone is 2. The highest BCUT2D eigenvalue weighted by atomic mass is 35.5. The van der Waals surface area contributed by atoms with Crippen LogP contribution in [0, 0.1) is 23.6 Å². The molecule has 42 heavy (non-hydrogen) atoms. The fourth-order valence-corrected chi connectivity index (χ4v) is 8.24. The van der Waals surface area contributed by atoms with Gasteiger partial charge in [-0.25, -0.2) is 9.29 Å². The van der Waals surface area contributed by atoms with E-state index in [1.54, 1.807) is 42.5 Å². The molecule has 0 bridgehead atoms. The lowest BCUT2D eigenvalue weighted by Gasteiger charge is -2.50. The number of benzene rings is 3. The monoisotopic (exact) mass is 604 g/mol. The standard InChI is InChI=1S/C32H23Cl2FN2O5/c33-31-16-24-22(13-14-23-25(24)28(40)36(27(23)39)19-6-2-1-3-7-19)26(17-5-4-8-21(38)15-17)32(31,34)30(42)37(29(31)41)20-11-9-18(35)10-12-20/h1-13,15,23-26,38H,14,16H2/t23-,24+,25-,26-,31+,32-/m0/s1. The Morgan fingerprint density at radius 2 is 1.48 bits per heavy atom. The molecule has 3 aromatic rings. The molecule has 7 nitrogen and oxygen atoms in total. The number of carbonyl (C=O) groups excluding carboxylic acids is 4. The number of alkyl halides is 2. The van der Waals surface area contributed by atoms with Gasteiger partial charge < -0.3 is 5.11 Å². The van der Waals surface area contributed by atoms with Crippen LogP contribution in [0.2, 0.25) is 0 Å². The van der Waals surface area contributed by atoms with Crippen LogP contribution in [0.3, 0.4) is 0 Å². The molecule has 4 amide bonds. The predicted molar refractivity (Wildman–Crippen MR) is 154 cm³/mol. The molecule has 1 N–H and O–H groups in total. The summed E-state index contributed by atoms with van der Waals surface area (Å²) in [6, 6.07) is 19.7. The molecule has 10 heteroatoms. The zero-order valence-electron chi connectivity index (χ0n) is 21.9. The van der Waals surface area contributed by atoms with Crippen molar-refractivity contribution in [2.45, 2.75) is 28.5 Å². The minimum absolute atomic E-state index is 0.0844. The third-order valence-electron chi connectivity index (χ3n) is 9.11. The average molecular weight is 605 g/mol. The maximum Gasteiger partial charge on any atom is 0.258 e. The number of anilines is 2. The van der Waals surface area contributed by atoms with E-state index < -0.39 is 57.0 Å². The van der Waals surface area contributed by atoms with Crippen LogP contribution in [0.5, 0.6) is 5.75 Å². The highest BCUT2D eigenvalue weighted by molar-refractivity contribution is 6.58. The van der Waals surface area contributed by atoms with Crippen LogP contribution in [0.25, 0.3) is 0 Å². The highest BCUT2D eigenvalue weighted by Gasteiger charge is 2.76. The van der Waals surface area contributed by atoms with Gasteiger partial charge in [0, 0.05) is 5.92 Å². The van der Waals surface area contributed by atoms with E-state index in [-0.39, 0.29) is 30.2 Å². The molecule has 2 saturated heterocycles. The molecule has 0 radical (unpaired) electrons. The smallest absolute Gasteiger partial charge is 0.258 e. The van der Waals surface area contributed by atoms with Gasteiger partial charge in [0.05, 0.1) is 23.2 Å². The molecule has 0 aromatic heterocycles. The molecule has 0 spiro atoms. The van der Waals surface area contributed by atoms with E-state index in [2.05, 4.69) is 0 Å². The SMILES string of the molecule is O=C1[C@H]2[C@H](CC=C3[C@H]2C[C@@]2(Cl)C(=O)N(c4ccc(F)cc4)C(=O)[C@@]2(Cl)[C@H]3c2cccc(O)c2)C(=O)N1c1ccccc1. The molecule has 1 saturated carbocycles. The predicted octanol–water partition coefficient (Wildman–Crippen LogP) is 5.30. The van der Waals surface area contributed by atoms with E-state index in [0.717, 1.165) is 17.0 Å². The van der Waals surface area contributed by atoms with Gasteiger partial charge in [0.2, 0.25) is 11.8 Å². The number of aromatic hydroxyl groups is 1. The number of phenols is 1. The Labute approximate surface area is 250 Å². The topological polar surface area (TPSA) is 95.0 Å². The number of rotatable bonds is 3. The Morgan fingerprint density at radius 1 is 0.786 bits per heavy atom. The Hall–Kier alpha value is -4.01. The normalized spacial score (nSPS) is 32.0. The number of hydrogen-bond acceptors (Lipinski definition) is 5. The molecular formula is C32H23Cl2FN2O5. The number of fused-ring (bicyclic) bond motifs is 4. The van der Waals surface area contributed by atoms with Gasteiger partial charge in [0.25, 0.3) is 11.8 Å². The lowest BCUT2D eigenvalue weighted by atomic mass is 9.56. The van der Waals surface area contributed by atoms with Gasteiger partial charge in [0.1, 0.15) is 11.6 Å². The van der Waals surface area contributed by atoms with Gasteiger partial charge in [-0.2, -0.15) is 0 Å². The van der Waals surface area contributed by atoms with Crippen molar-refractivity contribution in [1.29, 1.82) is 0 Å². The second-order valence-electron chi connectivity index (χ2n) is 11.2. The van der Waals surface area contributed by atoms with Crippen molar-refractivity contribution in [3.05, 3.63) is 102 Å². The molecule has 7 rings (SSSR count). The maximum absolute atomic E-state index is 14.3. The van der Waals surface area contributed by atoms with E-state index in [1.807, 2.05) is 6.08 Å². The van der Waals surface area contributed by atoms with Gasteiger partial charge in [-0.15, -0.1) is 23.2 Å². The molecule has 6 atom stereocenters. The number of nitrogens with zero attached hydrogens (tertiary/aromatic N) is 2. The fraction of sp³-hybridized carbons (Fsp3) is 0.250. The summed E-state index contributed by atoms with van der Waals surface area (Å²) in [6.45, 7) is 0. The summed E-state index contributed by atoms with van der Waals surface area (Å²) in [7, 11) is 0. The number of phenolic OH excluding ortho intramolecular Hbond substituents is 1. The van der Waals surface area contributed by atoms with E-state index in [1.165, 1.54) is 29.2 Å². The Morgan fingerprint density at radius 3 is 2.17 bits per heavy atom. The second-order valence-corrected chi connectivity index (χ2v) is 12.4. The highest BCUT2D eigenvalue weighted by Crippen LogP contribution is 2.66. The van der Waals surface area contributed by atoms with E-state index in [0.29, 0.717) is 16.8 Å². The summed E-state index contributed by atoms with van der Waals surface area (Å²) in [6.07, 6.45) is 1.88. The third-order valence-corrected chi connectivity index (χ3v) is 10.5. The van der Waals surface area contributed by atoms with Gasteiger partial charge in [-0.1, -0.05) is 42.0 Å². The minimum atomic E-state index is -2.05. The molecule has 2 aliphatic heterocycles.